The molecule has 14 heavy (non-hydrogen) atoms. The highest BCUT2D eigenvalue weighted by Gasteiger charge is 2.48. The Balaban J connectivity index is 2.17. The van der Waals surface area contributed by atoms with Crippen LogP contribution in [-0.4, -0.2) is 36.1 Å². The van der Waals surface area contributed by atoms with Crippen LogP contribution < -0.4 is 0 Å². The number of morpholine rings is 1. The Kier molecular flexibility index (Phi) is 2.35. The highest BCUT2D eigenvalue weighted by atomic mass is 16.5. The van der Waals surface area contributed by atoms with E-state index in [1.54, 1.807) is 0 Å². The molecule has 1 heterocycles. The van der Waals surface area contributed by atoms with Crippen LogP contribution in [0.1, 0.15) is 19.8 Å². The van der Waals surface area contributed by atoms with Crippen LogP contribution in [0.4, 0.5) is 0 Å². The summed E-state index contributed by atoms with van der Waals surface area (Å²) in [5.74, 6) is 0.675. The molecular formula is C11H17NO2. The van der Waals surface area contributed by atoms with Crippen LogP contribution in [0, 0.1) is 5.92 Å². The first-order chi connectivity index (χ1) is 6.68. The van der Waals surface area contributed by atoms with E-state index in [-0.39, 0.29) is 11.4 Å². The fourth-order valence-corrected chi connectivity index (χ4v) is 2.28. The lowest BCUT2D eigenvalue weighted by atomic mass is 9.93. The molecule has 0 spiro atoms. The zero-order chi connectivity index (χ0) is 10.2. The minimum Gasteiger partial charge on any atom is -0.377 e. The molecule has 0 bridgehead atoms. The smallest absolute Gasteiger partial charge is 0.246 e. The predicted molar refractivity (Wildman–Crippen MR) is 53.9 cm³/mol. The standard InChI is InChI=1S/C11H17NO2/c1-3-10(13)12-6-7-14-8-11(12,2)9-4-5-9/h3,9H,1,4-8H2,2H3. The minimum atomic E-state index is -0.0798. The minimum absolute atomic E-state index is 0.0442. The van der Waals surface area contributed by atoms with Gasteiger partial charge in [-0.3, -0.25) is 4.79 Å². The number of carbonyl (C=O) groups is 1. The molecule has 78 valence electrons. The van der Waals surface area contributed by atoms with Gasteiger partial charge in [0, 0.05) is 6.54 Å². The third kappa shape index (κ3) is 1.46. The van der Waals surface area contributed by atoms with E-state index in [0.717, 1.165) is 0 Å². The van der Waals surface area contributed by atoms with E-state index in [0.29, 0.717) is 25.7 Å². The van der Waals surface area contributed by atoms with Gasteiger partial charge in [-0.25, -0.2) is 0 Å². The van der Waals surface area contributed by atoms with Gasteiger partial charge in [-0.1, -0.05) is 6.58 Å². The van der Waals surface area contributed by atoms with Crippen molar-refractivity contribution in [1.29, 1.82) is 0 Å². The maximum atomic E-state index is 11.7. The maximum Gasteiger partial charge on any atom is 0.246 e. The van der Waals surface area contributed by atoms with Crippen molar-refractivity contribution < 1.29 is 9.53 Å². The van der Waals surface area contributed by atoms with Gasteiger partial charge < -0.3 is 9.64 Å². The van der Waals surface area contributed by atoms with E-state index in [4.69, 9.17) is 4.74 Å². The number of carbonyl (C=O) groups excluding carboxylic acids is 1. The molecule has 2 fully saturated rings. The molecule has 0 radical (unpaired) electrons. The maximum absolute atomic E-state index is 11.7. The van der Waals surface area contributed by atoms with E-state index in [2.05, 4.69) is 13.5 Å². The Hall–Kier alpha value is -0.830. The van der Waals surface area contributed by atoms with Crippen molar-refractivity contribution in [2.75, 3.05) is 19.8 Å². The van der Waals surface area contributed by atoms with Crippen molar-refractivity contribution in [3.8, 4) is 0 Å². The summed E-state index contributed by atoms with van der Waals surface area (Å²) in [6, 6.07) is 0. The lowest BCUT2D eigenvalue weighted by Crippen LogP contribution is -2.58. The first kappa shape index (κ1) is 9.71. The molecule has 1 saturated carbocycles. The molecule has 1 unspecified atom stereocenters. The monoisotopic (exact) mass is 195 g/mol. The molecule has 2 rings (SSSR count). The second kappa shape index (κ2) is 3.39. The lowest BCUT2D eigenvalue weighted by molar-refractivity contribution is -0.144. The van der Waals surface area contributed by atoms with Gasteiger partial charge >= 0.3 is 0 Å². The van der Waals surface area contributed by atoms with Crippen molar-refractivity contribution >= 4 is 5.91 Å². The number of hydrogen-bond acceptors (Lipinski definition) is 2. The summed E-state index contributed by atoms with van der Waals surface area (Å²) >= 11 is 0. The van der Waals surface area contributed by atoms with Crippen molar-refractivity contribution in [3.05, 3.63) is 12.7 Å². The normalized spacial score (nSPS) is 32.8. The second-order valence-electron chi connectivity index (χ2n) is 4.38. The highest BCUT2D eigenvalue weighted by Crippen LogP contribution is 2.44. The third-order valence-corrected chi connectivity index (χ3v) is 3.37. The van der Waals surface area contributed by atoms with Crippen LogP contribution in [0.15, 0.2) is 12.7 Å². The quantitative estimate of drug-likeness (QED) is 0.620. The Labute approximate surface area is 84.7 Å². The van der Waals surface area contributed by atoms with Crippen LogP contribution >= 0.6 is 0 Å². The number of amides is 1. The summed E-state index contributed by atoms with van der Waals surface area (Å²) in [4.78, 5) is 13.6. The molecule has 1 aliphatic heterocycles. The van der Waals surface area contributed by atoms with Gasteiger partial charge in [0.25, 0.3) is 0 Å². The molecule has 1 amide bonds. The van der Waals surface area contributed by atoms with Gasteiger partial charge in [0.05, 0.1) is 18.8 Å². The average molecular weight is 195 g/mol. The topological polar surface area (TPSA) is 29.5 Å². The fourth-order valence-electron chi connectivity index (χ4n) is 2.28. The molecule has 0 aromatic heterocycles. The van der Waals surface area contributed by atoms with Crippen molar-refractivity contribution in [3.63, 3.8) is 0 Å². The van der Waals surface area contributed by atoms with Gasteiger partial charge in [-0.05, 0) is 31.8 Å². The second-order valence-corrected chi connectivity index (χ2v) is 4.38. The zero-order valence-electron chi connectivity index (χ0n) is 8.66. The van der Waals surface area contributed by atoms with Crippen molar-refractivity contribution in [2.45, 2.75) is 25.3 Å². The SMILES string of the molecule is C=CC(=O)N1CCOCC1(C)C1CC1. The van der Waals surface area contributed by atoms with E-state index in [1.165, 1.54) is 18.9 Å². The number of hydrogen-bond donors (Lipinski definition) is 0. The Morgan fingerprint density at radius 1 is 1.64 bits per heavy atom. The largest absolute Gasteiger partial charge is 0.377 e. The van der Waals surface area contributed by atoms with Crippen LogP contribution in [0.25, 0.3) is 0 Å². The number of rotatable bonds is 2. The molecule has 0 aromatic rings. The van der Waals surface area contributed by atoms with E-state index in [9.17, 15) is 4.79 Å². The van der Waals surface area contributed by atoms with Crippen LogP contribution in [0.2, 0.25) is 0 Å². The van der Waals surface area contributed by atoms with Gasteiger partial charge in [0.15, 0.2) is 0 Å². The van der Waals surface area contributed by atoms with Gasteiger partial charge in [0.2, 0.25) is 5.91 Å². The van der Waals surface area contributed by atoms with E-state index >= 15 is 0 Å². The van der Waals surface area contributed by atoms with E-state index in [1.807, 2.05) is 4.90 Å². The van der Waals surface area contributed by atoms with E-state index < -0.39 is 0 Å². The van der Waals surface area contributed by atoms with Gasteiger partial charge in [-0.2, -0.15) is 0 Å². The molecule has 1 atom stereocenters. The van der Waals surface area contributed by atoms with Crippen LogP contribution in [-0.2, 0) is 9.53 Å². The van der Waals surface area contributed by atoms with Gasteiger partial charge in [-0.15, -0.1) is 0 Å². The van der Waals surface area contributed by atoms with Crippen LogP contribution in [0.3, 0.4) is 0 Å². The Bertz CT molecular complexity index is 260. The molecule has 0 aromatic carbocycles. The van der Waals surface area contributed by atoms with Gasteiger partial charge in [0.1, 0.15) is 0 Å². The molecule has 1 aliphatic carbocycles. The first-order valence-electron chi connectivity index (χ1n) is 5.20. The molecule has 0 N–H and O–H groups in total. The first-order valence-corrected chi connectivity index (χ1v) is 5.20. The summed E-state index contributed by atoms with van der Waals surface area (Å²) in [6.45, 7) is 7.72. The fraction of sp³-hybridized carbons (Fsp3) is 0.727. The zero-order valence-corrected chi connectivity index (χ0v) is 8.66. The summed E-state index contributed by atoms with van der Waals surface area (Å²) in [5.41, 5.74) is -0.0798. The lowest BCUT2D eigenvalue weighted by Gasteiger charge is -2.44. The molecule has 3 heteroatoms. The molecule has 3 nitrogen and oxygen atoms in total. The molecular weight excluding hydrogens is 178 g/mol. The average Bonchev–Trinajstić information content (AvgIpc) is 3.01. The summed E-state index contributed by atoms with van der Waals surface area (Å²) < 4.78 is 5.48. The summed E-state index contributed by atoms with van der Waals surface area (Å²) in [6.07, 6.45) is 3.85. The van der Waals surface area contributed by atoms with Crippen molar-refractivity contribution in [2.24, 2.45) is 5.92 Å². The number of ether oxygens (including phenoxy) is 1. The Morgan fingerprint density at radius 3 is 2.93 bits per heavy atom. The Morgan fingerprint density at radius 2 is 2.36 bits per heavy atom. The third-order valence-electron chi connectivity index (χ3n) is 3.37. The van der Waals surface area contributed by atoms with Crippen LogP contribution in [0.5, 0.6) is 0 Å². The van der Waals surface area contributed by atoms with Crippen molar-refractivity contribution in [1.82, 2.24) is 4.90 Å². The molecule has 2 aliphatic rings. The highest BCUT2D eigenvalue weighted by molar-refractivity contribution is 5.87. The number of nitrogens with zero attached hydrogens (tertiary/aromatic N) is 1. The molecule has 1 saturated heterocycles. The predicted octanol–water partition coefficient (Wildman–Crippen LogP) is 1.20. The summed E-state index contributed by atoms with van der Waals surface area (Å²) in [5, 5.41) is 0. The summed E-state index contributed by atoms with van der Waals surface area (Å²) in [7, 11) is 0.